The van der Waals surface area contributed by atoms with Gasteiger partial charge in [-0.2, -0.15) is 0 Å². The summed E-state index contributed by atoms with van der Waals surface area (Å²) in [5.74, 6) is 1.24. The van der Waals surface area contributed by atoms with E-state index in [0.29, 0.717) is 44.5 Å². The van der Waals surface area contributed by atoms with Gasteiger partial charge in [0.05, 0.1) is 12.8 Å². The van der Waals surface area contributed by atoms with Crippen molar-refractivity contribution in [2.45, 2.75) is 33.7 Å². The fourth-order valence-corrected chi connectivity index (χ4v) is 3.66. The standard InChI is InChI=1S/C20H31N5O3S.HI/c1-5-21-20(22-12-7-13-25(6-2)29(4,26)27)23-14-18-15-28-19(24-18)17-10-8-16(3)9-11-17;/h8-11,15H,5-7,12-14H2,1-4H3,(H2,21,22,23);1H. The molecule has 10 heteroatoms. The van der Waals surface area contributed by atoms with E-state index < -0.39 is 10.0 Å². The first-order chi connectivity index (χ1) is 13.8. The maximum absolute atomic E-state index is 11.6. The van der Waals surface area contributed by atoms with Gasteiger partial charge in [0.1, 0.15) is 12.0 Å². The quantitative estimate of drug-likeness (QED) is 0.205. The smallest absolute Gasteiger partial charge is 0.226 e. The highest BCUT2D eigenvalue weighted by molar-refractivity contribution is 14.0. The topological polar surface area (TPSA) is 99.8 Å². The van der Waals surface area contributed by atoms with Crippen LogP contribution >= 0.6 is 24.0 Å². The van der Waals surface area contributed by atoms with Gasteiger partial charge in [-0.05, 0) is 32.4 Å². The highest BCUT2D eigenvalue weighted by Crippen LogP contribution is 2.19. The molecule has 0 saturated carbocycles. The van der Waals surface area contributed by atoms with Crippen molar-refractivity contribution in [3.63, 3.8) is 0 Å². The minimum atomic E-state index is -3.15. The van der Waals surface area contributed by atoms with E-state index >= 15 is 0 Å². The van der Waals surface area contributed by atoms with Gasteiger partial charge in [0.2, 0.25) is 15.9 Å². The molecular formula is C20H32IN5O3S. The van der Waals surface area contributed by atoms with E-state index in [4.69, 9.17) is 4.42 Å². The number of aliphatic imine (C=N–C) groups is 1. The predicted molar refractivity (Wildman–Crippen MR) is 132 cm³/mol. The van der Waals surface area contributed by atoms with Gasteiger partial charge in [0, 0.05) is 31.7 Å². The average molecular weight is 549 g/mol. The van der Waals surface area contributed by atoms with Crippen molar-refractivity contribution in [3.05, 3.63) is 41.8 Å². The zero-order valence-corrected chi connectivity index (χ0v) is 21.2. The highest BCUT2D eigenvalue weighted by Gasteiger charge is 2.13. The van der Waals surface area contributed by atoms with E-state index in [1.165, 1.54) is 16.1 Å². The number of sulfonamides is 1. The summed E-state index contributed by atoms with van der Waals surface area (Å²) in [7, 11) is -3.15. The molecule has 0 aliphatic heterocycles. The van der Waals surface area contributed by atoms with Crippen molar-refractivity contribution >= 4 is 40.0 Å². The van der Waals surface area contributed by atoms with Crippen molar-refractivity contribution < 1.29 is 12.8 Å². The number of hydrogen-bond donors (Lipinski definition) is 2. The van der Waals surface area contributed by atoms with Gasteiger partial charge in [-0.25, -0.2) is 22.7 Å². The van der Waals surface area contributed by atoms with Crippen LogP contribution in [0.2, 0.25) is 0 Å². The second-order valence-electron chi connectivity index (χ2n) is 6.74. The zero-order valence-electron chi connectivity index (χ0n) is 18.0. The van der Waals surface area contributed by atoms with Crippen LogP contribution in [-0.4, -0.2) is 56.1 Å². The molecule has 1 aromatic carbocycles. The summed E-state index contributed by atoms with van der Waals surface area (Å²) in [5, 5.41) is 6.40. The summed E-state index contributed by atoms with van der Waals surface area (Å²) in [6.07, 6.45) is 3.54. The lowest BCUT2D eigenvalue weighted by Crippen LogP contribution is -2.39. The van der Waals surface area contributed by atoms with Crippen molar-refractivity contribution in [2.75, 3.05) is 32.4 Å². The molecule has 0 bridgehead atoms. The lowest BCUT2D eigenvalue weighted by Gasteiger charge is -2.18. The lowest BCUT2D eigenvalue weighted by molar-refractivity contribution is 0.424. The third kappa shape index (κ3) is 8.60. The molecule has 0 aliphatic carbocycles. The maximum atomic E-state index is 11.6. The number of nitrogens with one attached hydrogen (secondary N) is 2. The van der Waals surface area contributed by atoms with Crippen molar-refractivity contribution in [3.8, 4) is 11.5 Å². The monoisotopic (exact) mass is 549 g/mol. The first-order valence-electron chi connectivity index (χ1n) is 9.82. The third-order valence-electron chi connectivity index (χ3n) is 4.29. The molecule has 0 amide bonds. The maximum Gasteiger partial charge on any atom is 0.226 e. The van der Waals surface area contributed by atoms with E-state index in [-0.39, 0.29) is 24.0 Å². The molecular weight excluding hydrogens is 517 g/mol. The largest absolute Gasteiger partial charge is 0.444 e. The summed E-state index contributed by atoms with van der Waals surface area (Å²) >= 11 is 0. The molecule has 30 heavy (non-hydrogen) atoms. The van der Waals surface area contributed by atoms with Crippen LogP contribution in [0.15, 0.2) is 39.9 Å². The van der Waals surface area contributed by atoms with Crippen LogP contribution in [0.25, 0.3) is 11.5 Å². The molecule has 2 rings (SSSR count). The van der Waals surface area contributed by atoms with Gasteiger partial charge in [-0.1, -0.05) is 24.6 Å². The Balaban J connectivity index is 0.00000450. The predicted octanol–water partition coefficient (Wildman–Crippen LogP) is 2.99. The number of oxazole rings is 1. The first-order valence-corrected chi connectivity index (χ1v) is 11.7. The molecule has 0 aliphatic rings. The number of guanidine groups is 1. The van der Waals surface area contributed by atoms with Crippen LogP contribution in [-0.2, 0) is 16.6 Å². The molecule has 0 atom stereocenters. The fourth-order valence-electron chi connectivity index (χ4n) is 2.73. The second kappa shape index (κ2) is 12.9. The number of aryl methyl sites for hydroxylation is 1. The van der Waals surface area contributed by atoms with Crippen molar-refractivity contribution in [2.24, 2.45) is 4.99 Å². The summed E-state index contributed by atoms with van der Waals surface area (Å²) in [4.78, 5) is 9.03. The molecule has 2 aromatic rings. The van der Waals surface area contributed by atoms with Crippen LogP contribution in [0.5, 0.6) is 0 Å². The Morgan fingerprint density at radius 2 is 1.90 bits per heavy atom. The average Bonchev–Trinajstić information content (AvgIpc) is 3.14. The van der Waals surface area contributed by atoms with E-state index in [1.807, 2.05) is 45.0 Å². The molecule has 2 N–H and O–H groups in total. The number of hydrogen-bond acceptors (Lipinski definition) is 5. The summed E-state index contributed by atoms with van der Waals surface area (Å²) in [6, 6.07) is 8.01. The van der Waals surface area contributed by atoms with Crippen LogP contribution in [0.3, 0.4) is 0 Å². The number of halogens is 1. The SMILES string of the molecule is CCNC(=NCc1coc(-c2ccc(C)cc2)n1)NCCCN(CC)S(C)(=O)=O.I. The van der Waals surface area contributed by atoms with Gasteiger partial charge >= 0.3 is 0 Å². The minimum Gasteiger partial charge on any atom is -0.444 e. The number of benzene rings is 1. The highest BCUT2D eigenvalue weighted by atomic mass is 127. The van der Waals surface area contributed by atoms with Crippen molar-refractivity contribution in [1.29, 1.82) is 0 Å². The van der Waals surface area contributed by atoms with Gasteiger partial charge in [-0.15, -0.1) is 24.0 Å². The minimum absolute atomic E-state index is 0. The fraction of sp³-hybridized carbons (Fsp3) is 0.500. The third-order valence-corrected chi connectivity index (χ3v) is 5.67. The molecule has 1 heterocycles. The Labute approximate surface area is 196 Å². The first kappa shape index (κ1) is 26.4. The van der Waals surface area contributed by atoms with Gasteiger partial charge < -0.3 is 15.1 Å². The Morgan fingerprint density at radius 3 is 2.50 bits per heavy atom. The number of nitrogens with zero attached hydrogens (tertiary/aromatic N) is 3. The van der Waals surface area contributed by atoms with Gasteiger partial charge in [0.25, 0.3) is 0 Å². The molecule has 0 spiro atoms. The second-order valence-corrected chi connectivity index (χ2v) is 8.72. The number of aromatic nitrogens is 1. The summed E-state index contributed by atoms with van der Waals surface area (Å²) in [5.41, 5.74) is 2.86. The summed E-state index contributed by atoms with van der Waals surface area (Å²) < 4.78 is 30.3. The van der Waals surface area contributed by atoms with Crippen LogP contribution < -0.4 is 10.6 Å². The van der Waals surface area contributed by atoms with Crippen LogP contribution in [0, 0.1) is 6.92 Å². The van der Waals surface area contributed by atoms with Crippen LogP contribution in [0.1, 0.15) is 31.5 Å². The Hall–Kier alpha value is -1.66. The number of rotatable bonds is 10. The Bertz CT molecular complexity index is 897. The van der Waals surface area contributed by atoms with Crippen LogP contribution in [0.4, 0.5) is 0 Å². The van der Waals surface area contributed by atoms with E-state index in [2.05, 4.69) is 20.6 Å². The summed E-state index contributed by atoms with van der Waals surface area (Å²) in [6.45, 7) is 8.54. The molecule has 0 fully saturated rings. The normalized spacial score (nSPS) is 12.0. The van der Waals surface area contributed by atoms with Crippen molar-refractivity contribution in [1.82, 2.24) is 19.9 Å². The Kier molecular flexibility index (Phi) is 11.3. The van der Waals surface area contributed by atoms with Gasteiger partial charge in [-0.3, -0.25) is 0 Å². The molecule has 0 saturated heterocycles. The Morgan fingerprint density at radius 1 is 1.20 bits per heavy atom. The molecule has 8 nitrogen and oxygen atoms in total. The lowest BCUT2D eigenvalue weighted by atomic mass is 10.1. The molecule has 1 aromatic heterocycles. The van der Waals surface area contributed by atoms with Gasteiger partial charge in [0.15, 0.2) is 5.96 Å². The van der Waals surface area contributed by atoms with E-state index in [9.17, 15) is 8.42 Å². The molecule has 0 unspecified atom stereocenters. The molecule has 0 radical (unpaired) electrons. The van der Waals surface area contributed by atoms with E-state index in [1.54, 1.807) is 6.26 Å². The van der Waals surface area contributed by atoms with E-state index in [0.717, 1.165) is 17.8 Å². The zero-order chi connectivity index (χ0) is 21.3. The molecule has 168 valence electrons.